The number of nitro groups is 1. The normalized spacial score (nSPS) is 12.3. The van der Waals surface area contributed by atoms with Gasteiger partial charge in [-0.15, -0.1) is 0 Å². The Morgan fingerprint density at radius 3 is 2.38 bits per heavy atom. The molecule has 0 bridgehead atoms. The molecule has 0 atom stereocenters. The van der Waals surface area contributed by atoms with Gasteiger partial charge in [0.25, 0.3) is 0 Å². The summed E-state index contributed by atoms with van der Waals surface area (Å²) < 4.78 is 0. The Balaban J connectivity index is 3.89. The molecule has 0 N–H and O–H groups in total. The SMILES string of the molecule is CCCCCCCC/C=C(/C/C=C/C/C=C/CCC[C]=O)[N+](=O)[O-]. The zero-order valence-electron chi connectivity index (χ0n) is 15.0. The first-order chi connectivity index (χ1) is 11.7. The van der Waals surface area contributed by atoms with E-state index in [-0.39, 0.29) is 4.92 Å². The van der Waals surface area contributed by atoms with Crippen LogP contribution in [0.15, 0.2) is 36.1 Å². The molecule has 0 aliphatic heterocycles. The van der Waals surface area contributed by atoms with E-state index in [0.29, 0.717) is 18.5 Å². The quantitative estimate of drug-likeness (QED) is 0.149. The van der Waals surface area contributed by atoms with Crippen molar-refractivity contribution in [3.8, 4) is 0 Å². The number of rotatable bonds is 16. The lowest BCUT2D eigenvalue weighted by Gasteiger charge is -1.98. The van der Waals surface area contributed by atoms with Gasteiger partial charge in [-0.25, -0.2) is 0 Å². The Hall–Kier alpha value is -1.71. The summed E-state index contributed by atoms with van der Waals surface area (Å²) in [7, 11) is 0. The van der Waals surface area contributed by atoms with E-state index in [2.05, 4.69) is 6.92 Å². The zero-order valence-corrected chi connectivity index (χ0v) is 15.0. The molecule has 0 amide bonds. The van der Waals surface area contributed by atoms with Gasteiger partial charge >= 0.3 is 0 Å². The molecule has 0 aliphatic rings. The van der Waals surface area contributed by atoms with Crippen molar-refractivity contribution in [2.45, 2.75) is 84.0 Å². The predicted octanol–water partition coefficient (Wildman–Crippen LogP) is 6.07. The fraction of sp³-hybridized carbons (Fsp3) is 0.650. The Kier molecular flexibility index (Phi) is 16.4. The van der Waals surface area contributed by atoms with E-state index in [4.69, 9.17) is 0 Å². The van der Waals surface area contributed by atoms with Crippen molar-refractivity contribution in [1.29, 1.82) is 0 Å². The second-order valence-corrected chi connectivity index (χ2v) is 5.93. The lowest BCUT2D eigenvalue weighted by molar-refractivity contribution is -0.427. The van der Waals surface area contributed by atoms with E-state index in [1.54, 1.807) is 6.08 Å². The van der Waals surface area contributed by atoms with Gasteiger partial charge in [-0.2, -0.15) is 0 Å². The summed E-state index contributed by atoms with van der Waals surface area (Å²) in [5.41, 5.74) is 0.297. The fourth-order valence-corrected chi connectivity index (χ4v) is 2.31. The van der Waals surface area contributed by atoms with Crippen LogP contribution in [0.25, 0.3) is 0 Å². The van der Waals surface area contributed by atoms with Crippen molar-refractivity contribution in [3.63, 3.8) is 0 Å². The van der Waals surface area contributed by atoms with Gasteiger partial charge in [0.15, 0.2) is 6.29 Å². The largest absolute Gasteiger partial charge is 0.291 e. The van der Waals surface area contributed by atoms with E-state index < -0.39 is 0 Å². The summed E-state index contributed by atoms with van der Waals surface area (Å²) in [6, 6.07) is 0. The first-order valence-corrected chi connectivity index (χ1v) is 9.20. The molecule has 0 fully saturated rings. The summed E-state index contributed by atoms with van der Waals surface area (Å²) in [5.74, 6) is 0. The van der Waals surface area contributed by atoms with Crippen LogP contribution in [0.3, 0.4) is 0 Å². The third-order valence-electron chi connectivity index (χ3n) is 3.75. The second kappa shape index (κ2) is 17.6. The molecule has 4 nitrogen and oxygen atoms in total. The van der Waals surface area contributed by atoms with E-state index in [1.807, 2.05) is 30.6 Å². The molecule has 0 aliphatic carbocycles. The van der Waals surface area contributed by atoms with Gasteiger partial charge < -0.3 is 0 Å². The van der Waals surface area contributed by atoms with E-state index in [0.717, 1.165) is 38.5 Å². The zero-order chi connectivity index (χ0) is 17.9. The molecule has 24 heavy (non-hydrogen) atoms. The van der Waals surface area contributed by atoms with Gasteiger partial charge in [0.2, 0.25) is 5.70 Å². The maximum Gasteiger partial charge on any atom is 0.246 e. The lowest BCUT2D eigenvalue weighted by Crippen LogP contribution is -1.97. The van der Waals surface area contributed by atoms with Crippen LogP contribution in [0, 0.1) is 10.1 Å². The number of hydrogen-bond donors (Lipinski definition) is 0. The van der Waals surface area contributed by atoms with Crippen LogP contribution >= 0.6 is 0 Å². The molecule has 0 aromatic carbocycles. The van der Waals surface area contributed by atoms with Crippen molar-refractivity contribution in [2.24, 2.45) is 0 Å². The summed E-state index contributed by atoms with van der Waals surface area (Å²) in [4.78, 5) is 20.8. The number of carbonyl (C=O) groups excluding carboxylic acids is 1. The minimum absolute atomic E-state index is 0.271. The monoisotopic (exact) mass is 334 g/mol. The highest BCUT2D eigenvalue weighted by atomic mass is 16.6. The van der Waals surface area contributed by atoms with Crippen LogP contribution in [0.5, 0.6) is 0 Å². The van der Waals surface area contributed by atoms with E-state index >= 15 is 0 Å². The van der Waals surface area contributed by atoms with Crippen LogP contribution < -0.4 is 0 Å². The number of allylic oxidation sites excluding steroid dienone is 5. The number of unbranched alkanes of at least 4 members (excludes halogenated alkanes) is 8. The first-order valence-electron chi connectivity index (χ1n) is 9.20. The third-order valence-corrected chi connectivity index (χ3v) is 3.75. The van der Waals surface area contributed by atoms with Crippen LogP contribution in [-0.2, 0) is 4.79 Å². The van der Waals surface area contributed by atoms with Crippen LogP contribution in [-0.4, -0.2) is 11.2 Å². The van der Waals surface area contributed by atoms with Crippen molar-refractivity contribution < 1.29 is 9.72 Å². The molecular formula is C20H32NO3. The smallest absolute Gasteiger partial charge is 0.246 e. The molecule has 0 unspecified atom stereocenters. The molecule has 1 radical (unpaired) electrons. The molecular weight excluding hydrogens is 302 g/mol. The minimum Gasteiger partial charge on any atom is -0.291 e. The maximum atomic E-state index is 11.0. The van der Waals surface area contributed by atoms with Crippen LogP contribution in [0.1, 0.15) is 84.0 Å². The number of nitrogens with zero attached hydrogens (tertiary/aromatic N) is 1. The molecule has 4 heteroatoms. The molecule has 0 aromatic rings. The maximum absolute atomic E-state index is 11.0. The third kappa shape index (κ3) is 15.2. The van der Waals surface area contributed by atoms with Gasteiger partial charge in [0.05, 0.1) is 11.3 Å². The Labute approximate surface area is 146 Å². The summed E-state index contributed by atoms with van der Waals surface area (Å²) in [6.07, 6.45) is 22.9. The highest BCUT2D eigenvalue weighted by Crippen LogP contribution is 2.11. The van der Waals surface area contributed by atoms with E-state index in [9.17, 15) is 14.9 Å². The van der Waals surface area contributed by atoms with Crippen molar-refractivity contribution in [2.75, 3.05) is 0 Å². The van der Waals surface area contributed by atoms with Crippen molar-refractivity contribution >= 4 is 6.29 Å². The summed E-state index contributed by atoms with van der Waals surface area (Å²) in [5, 5.41) is 11.0. The Morgan fingerprint density at radius 2 is 1.67 bits per heavy atom. The van der Waals surface area contributed by atoms with Gasteiger partial charge in [-0.05, 0) is 38.2 Å². The fourth-order valence-electron chi connectivity index (χ4n) is 2.31. The second-order valence-electron chi connectivity index (χ2n) is 5.93. The molecule has 0 aromatic heterocycles. The van der Waals surface area contributed by atoms with E-state index in [1.165, 1.54) is 25.7 Å². The summed E-state index contributed by atoms with van der Waals surface area (Å²) in [6.45, 7) is 2.20. The van der Waals surface area contributed by atoms with Crippen molar-refractivity contribution in [3.05, 3.63) is 46.2 Å². The van der Waals surface area contributed by atoms with Crippen molar-refractivity contribution in [1.82, 2.24) is 0 Å². The Morgan fingerprint density at radius 1 is 0.958 bits per heavy atom. The number of hydrogen-bond acceptors (Lipinski definition) is 3. The molecule has 0 saturated carbocycles. The van der Waals surface area contributed by atoms with Gasteiger partial charge in [0.1, 0.15) is 0 Å². The highest BCUT2D eigenvalue weighted by Gasteiger charge is 2.06. The average molecular weight is 334 g/mol. The van der Waals surface area contributed by atoms with Gasteiger partial charge in [-0.3, -0.25) is 14.9 Å². The highest BCUT2D eigenvalue weighted by molar-refractivity contribution is 5.50. The Bertz CT molecular complexity index is 411. The predicted molar refractivity (Wildman–Crippen MR) is 100 cm³/mol. The lowest BCUT2D eigenvalue weighted by atomic mass is 10.1. The molecule has 135 valence electrons. The molecule has 0 heterocycles. The standard InChI is InChI=1S/C20H32NO3/c1-2-3-4-5-8-11-14-17-20(21(23)24)18-15-12-9-6-7-10-13-16-19-22/h6-7,12,15,17H,2-5,8-11,13-14,16,18H2,1H3/b7-6+,15-12+,20-17-. The van der Waals surface area contributed by atoms with Crippen LogP contribution in [0.4, 0.5) is 0 Å². The molecule has 0 spiro atoms. The first kappa shape index (κ1) is 22.3. The molecule has 0 saturated heterocycles. The average Bonchev–Trinajstić information content (AvgIpc) is 2.57. The minimum atomic E-state index is -0.271. The molecule has 0 rings (SSSR count). The van der Waals surface area contributed by atoms with Gasteiger partial charge in [-0.1, -0.05) is 63.3 Å². The van der Waals surface area contributed by atoms with Crippen LogP contribution in [0.2, 0.25) is 0 Å². The topological polar surface area (TPSA) is 60.2 Å². The summed E-state index contributed by atoms with van der Waals surface area (Å²) >= 11 is 0. The van der Waals surface area contributed by atoms with Gasteiger partial charge in [0, 0.05) is 6.42 Å².